The Morgan fingerprint density at radius 2 is 1.96 bits per heavy atom. The molecule has 2 rings (SSSR count). The minimum Gasteiger partial charge on any atom is -0.490 e. The number of rotatable bonds is 7. The average molecular weight is 347 g/mol. The van der Waals surface area contributed by atoms with Gasteiger partial charge in [-0.25, -0.2) is 4.39 Å². The van der Waals surface area contributed by atoms with Crippen molar-refractivity contribution in [2.24, 2.45) is 10.8 Å². The number of hydrogen-bond acceptors (Lipinski definition) is 4. The highest BCUT2D eigenvalue weighted by Gasteiger charge is 2.06. The molecule has 0 amide bonds. The van der Waals surface area contributed by atoms with Crippen molar-refractivity contribution in [1.29, 1.82) is 0 Å². The Bertz CT molecular complexity index is 720. The van der Waals surface area contributed by atoms with Crippen molar-refractivity contribution in [3.8, 4) is 11.5 Å². The number of hydrazone groups is 1. The highest BCUT2D eigenvalue weighted by Crippen LogP contribution is 2.28. The van der Waals surface area contributed by atoms with Crippen LogP contribution in [-0.4, -0.2) is 17.9 Å². The molecule has 0 aliphatic heterocycles. The zero-order valence-electron chi connectivity index (χ0n) is 13.2. The molecule has 0 heterocycles. The van der Waals surface area contributed by atoms with Crippen LogP contribution < -0.4 is 20.6 Å². The fourth-order valence-corrected chi connectivity index (χ4v) is 1.96. The average Bonchev–Trinajstić information content (AvgIpc) is 2.55. The van der Waals surface area contributed by atoms with Crippen LogP contribution in [0, 0.1) is 5.82 Å². The molecule has 7 heteroatoms. The van der Waals surface area contributed by atoms with Crippen molar-refractivity contribution in [1.82, 2.24) is 5.43 Å². The lowest BCUT2D eigenvalue weighted by Gasteiger charge is -2.12. The Morgan fingerprint density at radius 1 is 1.21 bits per heavy atom. The van der Waals surface area contributed by atoms with Crippen LogP contribution in [0.15, 0.2) is 47.6 Å². The Labute approximate surface area is 145 Å². The zero-order valence-corrected chi connectivity index (χ0v) is 14.0. The summed E-state index contributed by atoms with van der Waals surface area (Å²) in [4.78, 5) is 0. The number of nitrogens with zero attached hydrogens (tertiary/aromatic N) is 1. The Balaban J connectivity index is 2.09. The number of ether oxygens (including phenoxy) is 2. The molecule has 0 aliphatic rings. The maximum absolute atomic E-state index is 12.9. The molecular formula is C17H18FN3O2S. The second-order valence-electron chi connectivity index (χ2n) is 4.79. The molecule has 0 aromatic heterocycles. The van der Waals surface area contributed by atoms with E-state index in [9.17, 15) is 4.39 Å². The van der Waals surface area contributed by atoms with Crippen LogP contribution in [0.5, 0.6) is 11.5 Å². The third kappa shape index (κ3) is 5.51. The van der Waals surface area contributed by atoms with Crippen LogP contribution in [0.2, 0.25) is 0 Å². The van der Waals surface area contributed by atoms with E-state index in [0.717, 1.165) is 11.1 Å². The van der Waals surface area contributed by atoms with Gasteiger partial charge >= 0.3 is 0 Å². The van der Waals surface area contributed by atoms with E-state index in [2.05, 4.69) is 22.7 Å². The lowest BCUT2D eigenvalue weighted by molar-refractivity contribution is 0.269. The normalized spacial score (nSPS) is 10.6. The number of benzene rings is 2. The molecule has 2 aromatic rings. The van der Waals surface area contributed by atoms with Gasteiger partial charge in [-0.1, -0.05) is 12.1 Å². The first kappa shape index (κ1) is 17.7. The molecule has 0 spiro atoms. The fourth-order valence-electron chi connectivity index (χ4n) is 1.90. The zero-order chi connectivity index (χ0) is 17.4. The van der Waals surface area contributed by atoms with Gasteiger partial charge in [-0.05, 0) is 60.6 Å². The van der Waals surface area contributed by atoms with Crippen LogP contribution in [0.1, 0.15) is 18.1 Å². The summed E-state index contributed by atoms with van der Waals surface area (Å²) in [6.07, 6.45) is 1.57. The van der Waals surface area contributed by atoms with Gasteiger partial charge in [0, 0.05) is 0 Å². The summed E-state index contributed by atoms with van der Waals surface area (Å²) in [7, 11) is 0. The van der Waals surface area contributed by atoms with Crippen molar-refractivity contribution in [2.75, 3.05) is 6.61 Å². The summed E-state index contributed by atoms with van der Waals surface area (Å²) in [6.45, 7) is 2.70. The van der Waals surface area contributed by atoms with Gasteiger partial charge in [0.15, 0.2) is 16.6 Å². The Morgan fingerprint density at radius 3 is 2.62 bits per heavy atom. The van der Waals surface area contributed by atoms with Gasteiger partial charge in [-0.2, -0.15) is 5.10 Å². The first-order chi connectivity index (χ1) is 11.6. The quantitative estimate of drug-likeness (QED) is 0.458. The van der Waals surface area contributed by atoms with Gasteiger partial charge in [-0.15, -0.1) is 0 Å². The van der Waals surface area contributed by atoms with Crippen molar-refractivity contribution >= 4 is 23.5 Å². The number of hydrogen-bond donors (Lipinski definition) is 2. The van der Waals surface area contributed by atoms with E-state index in [0.29, 0.717) is 24.7 Å². The highest BCUT2D eigenvalue weighted by atomic mass is 32.1. The molecule has 2 aromatic carbocycles. The van der Waals surface area contributed by atoms with Crippen molar-refractivity contribution in [2.45, 2.75) is 13.5 Å². The van der Waals surface area contributed by atoms with Gasteiger partial charge in [0.2, 0.25) is 0 Å². The van der Waals surface area contributed by atoms with Gasteiger partial charge in [0.05, 0.1) is 12.8 Å². The summed E-state index contributed by atoms with van der Waals surface area (Å²) in [5.74, 6) is 0.919. The fraction of sp³-hybridized carbons (Fsp3) is 0.176. The van der Waals surface area contributed by atoms with E-state index in [-0.39, 0.29) is 10.9 Å². The Hall–Kier alpha value is -2.67. The first-order valence-electron chi connectivity index (χ1n) is 7.31. The number of nitrogens with one attached hydrogen (secondary N) is 1. The van der Waals surface area contributed by atoms with E-state index in [1.54, 1.807) is 30.5 Å². The van der Waals surface area contributed by atoms with Gasteiger partial charge in [0.1, 0.15) is 12.4 Å². The van der Waals surface area contributed by atoms with Gasteiger partial charge < -0.3 is 15.2 Å². The molecule has 0 bridgehead atoms. The van der Waals surface area contributed by atoms with Gasteiger partial charge in [-0.3, -0.25) is 5.43 Å². The van der Waals surface area contributed by atoms with Crippen LogP contribution in [-0.2, 0) is 6.61 Å². The number of thiocarbonyl (C=S) groups is 1. The van der Waals surface area contributed by atoms with Crippen LogP contribution in [0.25, 0.3) is 0 Å². The molecule has 0 saturated heterocycles. The number of halogens is 1. The van der Waals surface area contributed by atoms with Crippen molar-refractivity contribution < 1.29 is 13.9 Å². The maximum atomic E-state index is 12.9. The van der Waals surface area contributed by atoms with Crippen LogP contribution >= 0.6 is 12.2 Å². The lowest BCUT2D eigenvalue weighted by Crippen LogP contribution is -2.23. The minimum atomic E-state index is -0.275. The summed E-state index contributed by atoms with van der Waals surface area (Å²) >= 11 is 4.67. The molecule has 126 valence electrons. The third-order valence-electron chi connectivity index (χ3n) is 2.96. The second-order valence-corrected chi connectivity index (χ2v) is 5.23. The first-order valence-corrected chi connectivity index (χ1v) is 7.72. The molecule has 0 radical (unpaired) electrons. The highest BCUT2D eigenvalue weighted by molar-refractivity contribution is 7.80. The molecule has 5 nitrogen and oxygen atoms in total. The van der Waals surface area contributed by atoms with Gasteiger partial charge in [0.25, 0.3) is 0 Å². The minimum absolute atomic E-state index is 0.0931. The molecule has 0 fully saturated rings. The maximum Gasteiger partial charge on any atom is 0.184 e. The molecule has 24 heavy (non-hydrogen) atoms. The molecule has 3 N–H and O–H groups in total. The largest absolute Gasteiger partial charge is 0.490 e. The van der Waals surface area contributed by atoms with Crippen LogP contribution in [0.4, 0.5) is 4.39 Å². The summed E-state index contributed by atoms with van der Waals surface area (Å²) < 4.78 is 24.3. The predicted octanol–water partition coefficient (Wildman–Crippen LogP) is 2.97. The van der Waals surface area contributed by atoms with Crippen molar-refractivity contribution in [3.63, 3.8) is 0 Å². The molecule has 0 unspecified atom stereocenters. The number of nitrogens with two attached hydrogens (primary N) is 1. The molecule has 0 aliphatic carbocycles. The van der Waals surface area contributed by atoms with E-state index < -0.39 is 0 Å². The summed E-state index contributed by atoms with van der Waals surface area (Å²) in [5.41, 5.74) is 9.46. The van der Waals surface area contributed by atoms with Crippen LogP contribution in [0.3, 0.4) is 0 Å². The molecule has 0 saturated carbocycles. The predicted molar refractivity (Wildman–Crippen MR) is 95.9 cm³/mol. The monoisotopic (exact) mass is 347 g/mol. The third-order valence-corrected chi connectivity index (χ3v) is 3.05. The second kappa shape index (κ2) is 8.83. The molecule has 0 atom stereocenters. The van der Waals surface area contributed by atoms with E-state index in [1.165, 1.54) is 12.1 Å². The van der Waals surface area contributed by atoms with E-state index in [4.69, 9.17) is 15.2 Å². The summed E-state index contributed by atoms with van der Waals surface area (Å²) in [6, 6.07) is 11.6. The lowest BCUT2D eigenvalue weighted by atomic mass is 10.2. The topological polar surface area (TPSA) is 68.9 Å². The standard InChI is InChI=1S/C17H18FN3O2S/c1-2-22-16-9-13(10-20-21-17(19)24)5-8-15(16)23-11-12-3-6-14(18)7-4-12/h3-10H,2,11H2,1H3,(H3,19,21,24). The Kier molecular flexibility index (Phi) is 6.51. The SMILES string of the molecule is CCOc1cc(C=NNC(N)=S)ccc1OCc1ccc(F)cc1. The van der Waals surface area contributed by atoms with E-state index >= 15 is 0 Å². The molecular weight excluding hydrogens is 329 g/mol. The van der Waals surface area contributed by atoms with E-state index in [1.807, 2.05) is 13.0 Å². The van der Waals surface area contributed by atoms with Crippen molar-refractivity contribution in [3.05, 3.63) is 59.4 Å². The smallest absolute Gasteiger partial charge is 0.184 e. The summed E-state index contributed by atoms with van der Waals surface area (Å²) in [5, 5.41) is 3.99.